The van der Waals surface area contributed by atoms with Crippen LogP contribution in [0.2, 0.25) is 5.02 Å². The van der Waals surface area contributed by atoms with Crippen molar-refractivity contribution in [2.24, 2.45) is 0 Å². The smallest absolute Gasteiger partial charge is 0.293 e. The quantitative estimate of drug-likeness (QED) is 0.602. The Kier molecular flexibility index (Phi) is 7.71. The minimum absolute atomic E-state index is 0.0291. The molecule has 2 aromatic rings. The summed E-state index contributed by atoms with van der Waals surface area (Å²) in [4.78, 5) is 50.3. The summed E-state index contributed by atoms with van der Waals surface area (Å²) in [6.45, 7) is 3.76. The van der Waals surface area contributed by atoms with Gasteiger partial charge in [-0.2, -0.15) is 0 Å². The van der Waals surface area contributed by atoms with Gasteiger partial charge in [0.2, 0.25) is 5.91 Å². The standard InChI is InChI=1S/C23H22ClN3O4S/c1-14-7-8-17(11-15(14)2)21(29)26-13-20(28)25-9-10-27-22(30)19(32-23(27)31)12-16-5-3-4-6-18(16)24/h3-8,11-12H,9-10,13H2,1-2H3,(H,25,28)(H,26,29)/b19-12-. The van der Waals surface area contributed by atoms with Crippen LogP contribution in [0.3, 0.4) is 0 Å². The van der Waals surface area contributed by atoms with Gasteiger partial charge >= 0.3 is 0 Å². The van der Waals surface area contributed by atoms with Crippen molar-refractivity contribution in [2.45, 2.75) is 13.8 Å². The fourth-order valence-electron chi connectivity index (χ4n) is 2.94. The summed E-state index contributed by atoms with van der Waals surface area (Å²) in [5.41, 5.74) is 3.19. The van der Waals surface area contributed by atoms with Crippen LogP contribution in [0.15, 0.2) is 47.4 Å². The van der Waals surface area contributed by atoms with Crippen LogP contribution in [0, 0.1) is 13.8 Å². The number of nitrogens with one attached hydrogen (secondary N) is 2. The topological polar surface area (TPSA) is 95.6 Å². The summed E-state index contributed by atoms with van der Waals surface area (Å²) in [6, 6.07) is 12.3. The van der Waals surface area contributed by atoms with E-state index in [0.29, 0.717) is 16.1 Å². The van der Waals surface area contributed by atoms with Crippen molar-refractivity contribution in [1.29, 1.82) is 0 Å². The van der Waals surface area contributed by atoms with Crippen molar-refractivity contribution in [2.75, 3.05) is 19.6 Å². The maximum Gasteiger partial charge on any atom is 0.293 e. The molecule has 1 fully saturated rings. The van der Waals surface area contributed by atoms with E-state index in [0.717, 1.165) is 27.8 Å². The monoisotopic (exact) mass is 471 g/mol. The van der Waals surface area contributed by atoms with Crippen LogP contribution in [-0.2, 0) is 9.59 Å². The lowest BCUT2D eigenvalue weighted by Gasteiger charge is -2.13. The maximum absolute atomic E-state index is 12.5. The molecule has 0 aliphatic carbocycles. The number of thioether (sulfide) groups is 1. The predicted molar refractivity (Wildman–Crippen MR) is 125 cm³/mol. The van der Waals surface area contributed by atoms with Gasteiger partial charge in [0.25, 0.3) is 17.1 Å². The van der Waals surface area contributed by atoms with E-state index in [1.807, 2.05) is 19.9 Å². The summed E-state index contributed by atoms with van der Waals surface area (Å²) in [6.07, 6.45) is 1.58. The third kappa shape index (κ3) is 5.77. The molecule has 7 nitrogen and oxygen atoms in total. The lowest BCUT2D eigenvalue weighted by Crippen LogP contribution is -2.41. The van der Waals surface area contributed by atoms with Crippen LogP contribution < -0.4 is 10.6 Å². The Morgan fingerprint density at radius 3 is 2.53 bits per heavy atom. The minimum atomic E-state index is -0.433. The number of nitrogens with zero attached hydrogens (tertiary/aromatic N) is 1. The van der Waals surface area contributed by atoms with Gasteiger partial charge in [-0.05, 0) is 66.6 Å². The average Bonchev–Trinajstić information content (AvgIpc) is 3.03. The normalized spacial score (nSPS) is 14.7. The number of aryl methyl sites for hydroxylation is 2. The molecule has 2 aromatic carbocycles. The molecule has 1 aliphatic rings. The van der Waals surface area contributed by atoms with E-state index >= 15 is 0 Å². The average molecular weight is 472 g/mol. The number of carbonyl (C=O) groups excluding carboxylic acids is 4. The zero-order valence-corrected chi connectivity index (χ0v) is 19.2. The maximum atomic E-state index is 12.5. The van der Waals surface area contributed by atoms with Crippen LogP contribution >= 0.6 is 23.4 Å². The Hall–Kier alpha value is -3.10. The van der Waals surface area contributed by atoms with Crippen LogP contribution in [-0.4, -0.2) is 47.5 Å². The van der Waals surface area contributed by atoms with Crippen molar-refractivity contribution in [3.63, 3.8) is 0 Å². The second-order valence-electron chi connectivity index (χ2n) is 7.19. The first-order chi connectivity index (χ1) is 15.3. The number of carbonyl (C=O) groups is 4. The molecular formula is C23H22ClN3O4S. The molecule has 4 amide bonds. The Morgan fingerprint density at radius 1 is 1.06 bits per heavy atom. The zero-order chi connectivity index (χ0) is 23.3. The van der Waals surface area contributed by atoms with Gasteiger partial charge in [-0.1, -0.05) is 35.9 Å². The second kappa shape index (κ2) is 10.5. The van der Waals surface area contributed by atoms with Gasteiger partial charge in [-0.3, -0.25) is 24.1 Å². The Labute approximate surface area is 195 Å². The number of benzene rings is 2. The molecule has 0 bridgehead atoms. The number of amides is 4. The van der Waals surface area contributed by atoms with Crippen LogP contribution in [0.5, 0.6) is 0 Å². The first-order valence-electron chi connectivity index (χ1n) is 9.88. The van der Waals surface area contributed by atoms with Crippen molar-refractivity contribution >= 4 is 52.4 Å². The van der Waals surface area contributed by atoms with Crippen molar-refractivity contribution in [1.82, 2.24) is 15.5 Å². The van der Waals surface area contributed by atoms with E-state index in [4.69, 9.17) is 11.6 Å². The highest BCUT2D eigenvalue weighted by atomic mass is 35.5. The fraction of sp³-hybridized carbons (Fsp3) is 0.217. The van der Waals surface area contributed by atoms with Gasteiger partial charge in [-0.25, -0.2) is 0 Å². The molecule has 166 valence electrons. The molecule has 0 unspecified atom stereocenters. The van der Waals surface area contributed by atoms with E-state index in [1.165, 1.54) is 0 Å². The van der Waals surface area contributed by atoms with Crippen LogP contribution in [0.4, 0.5) is 4.79 Å². The number of hydrogen-bond acceptors (Lipinski definition) is 5. The summed E-state index contributed by atoms with van der Waals surface area (Å²) in [5.74, 6) is -1.20. The second-order valence-corrected chi connectivity index (χ2v) is 8.59. The highest BCUT2D eigenvalue weighted by Gasteiger charge is 2.34. The fourth-order valence-corrected chi connectivity index (χ4v) is 3.99. The molecule has 0 atom stereocenters. The van der Waals surface area contributed by atoms with Crippen molar-refractivity contribution < 1.29 is 19.2 Å². The van der Waals surface area contributed by atoms with Crippen molar-refractivity contribution in [3.05, 3.63) is 74.6 Å². The Morgan fingerprint density at radius 2 is 1.81 bits per heavy atom. The first kappa shape index (κ1) is 23.6. The molecule has 0 aromatic heterocycles. The molecule has 9 heteroatoms. The van der Waals surface area contributed by atoms with E-state index in [9.17, 15) is 19.2 Å². The molecule has 1 saturated heterocycles. The molecule has 0 radical (unpaired) electrons. The summed E-state index contributed by atoms with van der Waals surface area (Å²) < 4.78 is 0. The van der Waals surface area contributed by atoms with E-state index in [1.54, 1.807) is 42.5 Å². The number of rotatable bonds is 7. The molecule has 3 rings (SSSR count). The first-order valence-corrected chi connectivity index (χ1v) is 11.1. The predicted octanol–water partition coefficient (Wildman–Crippen LogP) is 3.54. The molecule has 0 saturated carbocycles. The third-order valence-electron chi connectivity index (χ3n) is 4.90. The van der Waals surface area contributed by atoms with Gasteiger partial charge in [0.1, 0.15) is 0 Å². The van der Waals surface area contributed by atoms with Crippen molar-refractivity contribution in [3.8, 4) is 0 Å². The molecule has 32 heavy (non-hydrogen) atoms. The summed E-state index contributed by atoms with van der Waals surface area (Å²) in [5, 5.41) is 5.23. The lowest BCUT2D eigenvalue weighted by atomic mass is 10.1. The van der Waals surface area contributed by atoms with Gasteiger partial charge in [0.15, 0.2) is 0 Å². The molecule has 0 spiro atoms. The van der Waals surface area contributed by atoms with Gasteiger partial charge in [0, 0.05) is 23.7 Å². The van der Waals surface area contributed by atoms with E-state index < -0.39 is 17.1 Å². The highest BCUT2D eigenvalue weighted by Crippen LogP contribution is 2.33. The number of hydrogen-bond donors (Lipinski definition) is 2. The molecule has 1 aliphatic heterocycles. The summed E-state index contributed by atoms with van der Waals surface area (Å²) >= 11 is 6.93. The lowest BCUT2D eigenvalue weighted by molar-refractivity contribution is -0.124. The minimum Gasteiger partial charge on any atom is -0.353 e. The Balaban J connectivity index is 1.47. The van der Waals surface area contributed by atoms with Crippen LogP contribution in [0.1, 0.15) is 27.0 Å². The number of halogens is 1. The molecule has 1 heterocycles. The SMILES string of the molecule is Cc1ccc(C(=O)NCC(=O)NCCN2C(=O)S/C(=C\c3ccccc3Cl)C2=O)cc1C. The Bertz CT molecular complexity index is 1120. The summed E-state index contributed by atoms with van der Waals surface area (Å²) in [7, 11) is 0. The van der Waals surface area contributed by atoms with Gasteiger partial charge in [0.05, 0.1) is 11.4 Å². The molecule has 2 N–H and O–H groups in total. The van der Waals surface area contributed by atoms with E-state index in [-0.39, 0.29) is 30.4 Å². The van der Waals surface area contributed by atoms with E-state index in [2.05, 4.69) is 10.6 Å². The number of imide groups is 1. The third-order valence-corrected chi connectivity index (χ3v) is 6.15. The van der Waals surface area contributed by atoms with Gasteiger partial charge < -0.3 is 10.6 Å². The zero-order valence-electron chi connectivity index (χ0n) is 17.6. The highest BCUT2D eigenvalue weighted by molar-refractivity contribution is 8.18. The van der Waals surface area contributed by atoms with Crippen LogP contribution in [0.25, 0.3) is 6.08 Å². The largest absolute Gasteiger partial charge is 0.353 e. The molecular weight excluding hydrogens is 450 g/mol. The van der Waals surface area contributed by atoms with Gasteiger partial charge in [-0.15, -0.1) is 0 Å².